The summed E-state index contributed by atoms with van der Waals surface area (Å²) >= 11 is 0. The molecule has 1 amide bonds. The van der Waals surface area contributed by atoms with Crippen molar-refractivity contribution >= 4 is 5.91 Å². The van der Waals surface area contributed by atoms with E-state index in [2.05, 4.69) is 9.97 Å². The van der Waals surface area contributed by atoms with Crippen LogP contribution in [0.15, 0.2) is 79.1 Å². The van der Waals surface area contributed by atoms with Gasteiger partial charge in [0.1, 0.15) is 0 Å². The number of carbonyl (C=O) groups excluding carboxylic acids is 1. The highest BCUT2D eigenvalue weighted by Gasteiger charge is 2.30. The summed E-state index contributed by atoms with van der Waals surface area (Å²) in [5.41, 5.74) is 2.11. The molecular formula is C25H29N3O2. The van der Waals surface area contributed by atoms with E-state index in [0.717, 1.165) is 17.0 Å². The van der Waals surface area contributed by atoms with Gasteiger partial charge in [-0.05, 0) is 41.7 Å². The lowest BCUT2D eigenvalue weighted by molar-refractivity contribution is -0.133. The van der Waals surface area contributed by atoms with Crippen LogP contribution in [0.4, 0.5) is 0 Å². The van der Waals surface area contributed by atoms with Gasteiger partial charge in [-0.25, -0.2) is 0 Å². The van der Waals surface area contributed by atoms with Crippen molar-refractivity contribution in [3.05, 3.63) is 96.1 Å². The van der Waals surface area contributed by atoms with Crippen molar-refractivity contribution in [1.82, 2.24) is 14.9 Å². The van der Waals surface area contributed by atoms with Gasteiger partial charge in [0.2, 0.25) is 5.91 Å². The molecule has 5 heteroatoms. The molecule has 1 unspecified atom stereocenters. The van der Waals surface area contributed by atoms with E-state index in [1.54, 1.807) is 17.3 Å². The van der Waals surface area contributed by atoms with Gasteiger partial charge in [0, 0.05) is 18.8 Å². The molecule has 0 aliphatic heterocycles. The lowest BCUT2D eigenvalue weighted by Gasteiger charge is -2.32. The van der Waals surface area contributed by atoms with Crippen LogP contribution in [0, 0.1) is 5.41 Å². The Balaban J connectivity index is 1.69. The average molecular weight is 404 g/mol. The van der Waals surface area contributed by atoms with Crippen LogP contribution in [-0.4, -0.2) is 25.9 Å². The first-order valence-electron chi connectivity index (χ1n) is 10.3. The minimum atomic E-state index is -0.633. The summed E-state index contributed by atoms with van der Waals surface area (Å²) in [5, 5.41) is 10.8. The van der Waals surface area contributed by atoms with Crippen LogP contribution in [0.25, 0.3) is 0 Å². The lowest BCUT2D eigenvalue weighted by Crippen LogP contribution is -2.32. The molecule has 0 spiro atoms. The number of benzene rings is 1. The maximum atomic E-state index is 13.1. The van der Waals surface area contributed by atoms with Crippen molar-refractivity contribution in [1.29, 1.82) is 0 Å². The topological polar surface area (TPSA) is 66.3 Å². The Morgan fingerprint density at radius 1 is 0.900 bits per heavy atom. The molecule has 0 saturated heterocycles. The molecule has 2 heterocycles. The third-order valence-corrected chi connectivity index (χ3v) is 5.35. The minimum absolute atomic E-state index is 0.0274. The zero-order valence-electron chi connectivity index (χ0n) is 17.6. The second-order valence-electron chi connectivity index (χ2n) is 8.19. The summed E-state index contributed by atoms with van der Waals surface area (Å²) in [4.78, 5) is 23.7. The third kappa shape index (κ3) is 5.97. The highest BCUT2D eigenvalue weighted by molar-refractivity contribution is 5.76. The third-order valence-electron chi connectivity index (χ3n) is 5.35. The summed E-state index contributed by atoms with van der Waals surface area (Å²) in [6.07, 6.45) is 3.75. The van der Waals surface area contributed by atoms with E-state index in [1.807, 2.05) is 80.6 Å². The van der Waals surface area contributed by atoms with Crippen LogP contribution >= 0.6 is 0 Å². The summed E-state index contributed by atoms with van der Waals surface area (Å²) < 4.78 is 0. The summed E-state index contributed by atoms with van der Waals surface area (Å²) in [6, 6.07) is 21.0. The average Bonchev–Trinajstić information content (AvgIpc) is 2.78. The molecule has 3 aromatic rings. The van der Waals surface area contributed by atoms with Crippen molar-refractivity contribution in [2.45, 2.75) is 45.9 Å². The van der Waals surface area contributed by atoms with E-state index in [9.17, 15) is 9.90 Å². The number of aliphatic hydroxyl groups excluding tert-OH is 1. The van der Waals surface area contributed by atoms with Gasteiger partial charge >= 0.3 is 0 Å². The van der Waals surface area contributed by atoms with Gasteiger partial charge in [-0.1, -0.05) is 56.3 Å². The molecule has 0 saturated carbocycles. The highest BCUT2D eigenvalue weighted by atomic mass is 16.3. The SMILES string of the molecule is CC(C)(CCC(=O)N(Cc1ccccn1)Cc1ccccn1)C(O)c1ccccc1. The van der Waals surface area contributed by atoms with E-state index in [4.69, 9.17) is 0 Å². The fraction of sp³-hybridized carbons (Fsp3) is 0.320. The van der Waals surface area contributed by atoms with Gasteiger partial charge in [-0.3, -0.25) is 14.8 Å². The van der Waals surface area contributed by atoms with E-state index < -0.39 is 11.5 Å². The Morgan fingerprint density at radius 3 is 1.93 bits per heavy atom. The number of aromatic nitrogens is 2. The molecule has 0 aliphatic carbocycles. The van der Waals surface area contributed by atoms with Crippen molar-refractivity contribution in [2.24, 2.45) is 5.41 Å². The Hall–Kier alpha value is -3.05. The molecule has 3 rings (SSSR count). The smallest absolute Gasteiger partial charge is 0.223 e. The predicted molar refractivity (Wildman–Crippen MR) is 117 cm³/mol. The van der Waals surface area contributed by atoms with Gasteiger partial charge in [0.25, 0.3) is 0 Å². The molecule has 0 fully saturated rings. The Morgan fingerprint density at radius 2 is 1.43 bits per heavy atom. The quantitative estimate of drug-likeness (QED) is 0.569. The van der Waals surface area contributed by atoms with E-state index in [-0.39, 0.29) is 5.91 Å². The molecule has 1 N–H and O–H groups in total. The standard InChI is InChI=1S/C25H29N3O2/c1-25(2,24(30)20-10-4-3-5-11-20)15-14-23(29)28(18-21-12-6-8-16-26-21)19-22-13-7-9-17-27-22/h3-13,16-17,24,30H,14-15,18-19H2,1-2H3. The van der Waals surface area contributed by atoms with Crippen LogP contribution < -0.4 is 0 Å². The molecule has 5 nitrogen and oxygen atoms in total. The zero-order valence-corrected chi connectivity index (χ0v) is 17.6. The maximum absolute atomic E-state index is 13.1. The molecular weight excluding hydrogens is 374 g/mol. The number of hydrogen-bond donors (Lipinski definition) is 1. The summed E-state index contributed by atoms with van der Waals surface area (Å²) in [7, 11) is 0. The normalized spacial score (nSPS) is 12.4. The first-order chi connectivity index (χ1) is 14.5. The molecule has 1 aromatic carbocycles. The monoisotopic (exact) mass is 403 g/mol. The van der Waals surface area contributed by atoms with Crippen LogP contribution in [0.1, 0.15) is 49.7 Å². The Labute approximate surface area is 178 Å². The van der Waals surface area contributed by atoms with Gasteiger partial charge in [0.05, 0.1) is 30.6 Å². The number of aliphatic hydroxyl groups is 1. The highest BCUT2D eigenvalue weighted by Crippen LogP contribution is 2.37. The van der Waals surface area contributed by atoms with Crippen LogP contribution in [0.2, 0.25) is 0 Å². The van der Waals surface area contributed by atoms with Crippen molar-refractivity contribution in [2.75, 3.05) is 0 Å². The second kappa shape index (κ2) is 10.1. The maximum Gasteiger partial charge on any atom is 0.223 e. The Kier molecular flexibility index (Phi) is 7.31. The summed E-state index contributed by atoms with van der Waals surface area (Å²) in [5.74, 6) is 0.0274. The predicted octanol–water partition coefficient (Wildman–Crippen LogP) is 4.55. The molecule has 0 bridgehead atoms. The molecule has 2 aromatic heterocycles. The molecule has 30 heavy (non-hydrogen) atoms. The molecule has 156 valence electrons. The van der Waals surface area contributed by atoms with Crippen LogP contribution in [0.3, 0.4) is 0 Å². The number of amides is 1. The lowest BCUT2D eigenvalue weighted by atomic mass is 9.79. The van der Waals surface area contributed by atoms with Crippen molar-refractivity contribution in [3.63, 3.8) is 0 Å². The second-order valence-corrected chi connectivity index (χ2v) is 8.19. The van der Waals surface area contributed by atoms with E-state index in [1.165, 1.54) is 0 Å². The van der Waals surface area contributed by atoms with Gasteiger partial charge in [-0.2, -0.15) is 0 Å². The number of carbonyl (C=O) groups is 1. The largest absolute Gasteiger partial charge is 0.388 e. The molecule has 0 radical (unpaired) electrons. The number of pyridine rings is 2. The van der Waals surface area contributed by atoms with Crippen LogP contribution in [0.5, 0.6) is 0 Å². The first kappa shape index (κ1) is 21.7. The minimum Gasteiger partial charge on any atom is -0.388 e. The van der Waals surface area contributed by atoms with E-state index >= 15 is 0 Å². The van der Waals surface area contributed by atoms with Crippen molar-refractivity contribution < 1.29 is 9.90 Å². The van der Waals surface area contributed by atoms with Gasteiger partial charge < -0.3 is 10.0 Å². The van der Waals surface area contributed by atoms with Crippen molar-refractivity contribution in [3.8, 4) is 0 Å². The van der Waals surface area contributed by atoms with Gasteiger partial charge in [0.15, 0.2) is 0 Å². The zero-order chi connectivity index (χ0) is 21.4. The van der Waals surface area contributed by atoms with Gasteiger partial charge in [-0.15, -0.1) is 0 Å². The number of hydrogen-bond acceptors (Lipinski definition) is 4. The Bertz CT molecular complexity index is 873. The fourth-order valence-electron chi connectivity index (χ4n) is 3.42. The number of rotatable bonds is 9. The van der Waals surface area contributed by atoms with Crippen LogP contribution in [-0.2, 0) is 17.9 Å². The summed E-state index contributed by atoms with van der Waals surface area (Å²) in [6.45, 7) is 4.86. The number of nitrogens with zero attached hydrogens (tertiary/aromatic N) is 3. The fourth-order valence-corrected chi connectivity index (χ4v) is 3.42. The first-order valence-corrected chi connectivity index (χ1v) is 10.3. The van der Waals surface area contributed by atoms with E-state index in [0.29, 0.717) is 25.9 Å². The molecule has 0 aliphatic rings. The molecule has 1 atom stereocenters.